The second-order valence-electron chi connectivity index (χ2n) is 3.40. The first kappa shape index (κ1) is 10.8. The largest absolute Gasteiger partial charge is 0.493 e. The lowest BCUT2D eigenvalue weighted by atomic mass is 10.2. The van der Waals surface area contributed by atoms with Crippen LogP contribution < -0.4 is 10.5 Å². The van der Waals surface area contributed by atoms with Crippen molar-refractivity contribution in [1.82, 2.24) is 0 Å². The van der Waals surface area contributed by atoms with Gasteiger partial charge in [-0.15, -0.1) is 6.58 Å². The number of hydrogen-bond donors (Lipinski definition) is 1. The molecule has 0 unspecified atom stereocenters. The molecule has 0 aliphatic carbocycles. The average molecular weight is 191 g/mol. The molecule has 0 bridgehead atoms. The summed E-state index contributed by atoms with van der Waals surface area (Å²) in [6, 6.07) is 7.85. The van der Waals surface area contributed by atoms with E-state index in [-0.39, 0.29) is 0 Å². The Morgan fingerprint density at radius 1 is 1.36 bits per heavy atom. The Labute approximate surface area is 85.4 Å². The van der Waals surface area contributed by atoms with Gasteiger partial charge in [-0.2, -0.15) is 0 Å². The van der Waals surface area contributed by atoms with Gasteiger partial charge < -0.3 is 10.5 Å². The number of rotatable bonds is 5. The molecule has 2 nitrogen and oxygen atoms in total. The first-order chi connectivity index (χ1) is 6.72. The standard InChI is InChI=1S/C12H17NO/c1-10(2)7-8-14-12-5-3-11(9-13)4-6-12/h3-6H,1,7-9,13H2,2H3. The molecule has 1 rings (SSSR count). The van der Waals surface area contributed by atoms with Crippen molar-refractivity contribution in [2.45, 2.75) is 19.9 Å². The van der Waals surface area contributed by atoms with Crippen LogP contribution in [0.4, 0.5) is 0 Å². The maximum atomic E-state index is 5.51. The zero-order valence-corrected chi connectivity index (χ0v) is 8.62. The molecule has 2 N–H and O–H groups in total. The highest BCUT2D eigenvalue weighted by Crippen LogP contribution is 2.12. The van der Waals surface area contributed by atoms with Gasteiger partial charge in [-0.25, -0.2) is 0 Å². The zero-order valence-electron chi connectivity index (χ0n) is 8.62. The average Bonchev–Trinajstić information content (AvgIpc) is 2.18. The molecule has 1 aromatic rings. The van der Waals surface area contributed by atoms with Crippen LogP contribution in [0.15, 0.2) is 36.4 Å². The first-order valence-corrected chi connectivity index (χ1v) is 4.78. The first-order valence-electron chi connectivity index (χ1n) is 4.78. The van der Waals surface area contributed by atoms with Crippen molar-refractivity contribution in [2.75, 3.05) is 6.61 Å². The van der Waals surface area contributed by atoms with Crippen LogP contribution in [0.3, 0.4) is 0 Å². The smallest absolute Gasteiger partial charge is 0.119 e. The van der Waals surface area contributed by atoms with Gasteiger partial charge >= 0.3 is 0 Å². The van der Waals surface area contributed by atoms with Crippen LogP contribution in [0.25, 0.3) is 0 Å². The van der Waals surface area contributed by atoms with E-state index in [1.54, 1.807) is 0 Å². The Morgan fingerprint density at radius 3 is 2.50 bits per heavy atom. The fraction of sp³-hybridized carbons (Fsp3) is 0.333. The highest BCUT2D eigenvalue weighted by Gasteiger charge is 1.94. The van der Waals surface area contributed by atoms with Crippen LogP contribution in [0.5, 0.6) is 5.75 Å². The fourth-order valence-electron chi connectivity index (χ4n) is 1.06. The van der Waals surface area contributed by atoms with Crippen molar-refractivity contribution >= 4 is 0 Å². The molecule has 0 aliphatic rings. The summed E-state index contributed by atoms with van der Waals surface area (Å²) >= 11 is 0. The molecule has 76 valence electrons. The zero-order chi connectivity index (χ0) is 10.4. The minimum Gasteiger partial charge on any atom is -0.493 e. The van der Waals surface area contributed by atoms with Gasteiger partial charge in [0.25, 0.3) is 0 Å². The van der Waals surface area contributed by atoms with Crippen LogP contribution in [0.2, 0.25) is 0 Å². The summed E-state index contributed by atoms with van der Waals surface area (Å²) in [6.07, 6.45) is 0.901. The molecule has 0 spiro atoms. The van der Waals surface area contributed by atoms with Crippen LogP contribution in [0, 0.1) is 0 Å². The van der Waals surface area contributed by atoms with E-state index in [2.05, 4.69) is 6.58 Å². The second-order valence-corrected chi connectivity index (χ2v) is 3.40. The summed E-state index contributed by atoms with van der Waals surface area (Å²) in [7, 11) is 0. The number of nitrogens with two attached hydrogens (primary N) is 1. The molecule has 1 aromatic carbocycles. The summed E-state index contributed by atoms with van der Waals surface area (Å²) in [5, 5.41) is 0. The maximum Gasteiger partial charge on any atom is 0.119 e. The van der Waals surface area contributed by atoms with E-state index in [1.165, 1.54) is 0 Å². The van der Waals surface area contributed by atoms with Gasteiger partial charge in [0, 0.05) is 13.0 Å². The molecule has 0 aliphatic heterocycles. The molecule has 0 radical (unpaired) electrons. The Kier molecular flexibility index (Phi) is 4.20. The molecule has 0 fully saturated rings. The topological polar surface area (TPSA) is 35.2 Å². The minimum absolute atomic E-state index is 0.575. The molecule has 0 heterocycles. The molecule has 0 saturated heterocycles. The Balaban J connectivity index is 2.40. The SMILES string of the molecule is C=C(C)CCOc1ccc(CN)cc1. The third-order valence-corrected chi connectivity index (χ3v) is 1.96. The Morgan fingerprint density at radius 2 is 2.00 bits per heavy atom. The van der Waals surface area contributed by atoms with Crippen molar-refractivity contribution in [3.05, 3.63) is 42.0 Å². The Bertz CT molecular complexity index is 290. The number of ether oxygens (including phenoxy) is 1. The quantitative estimate of drug-likeness (QED) is 0.726. The molecule has 0 saturated carbocycles. The van der Waals surface area contributed by atoms with Crippen molar-refractivity contribution in [1.29, 1.82) is 0 Å². The van der Waals surface area contributed by atoms with E-state index in [4.69, 9.17) is 10.5 Å². The monoisotopic (exact) mass is 191 g/mol. The van der Waals surface area contributed by atoms with E-state index in [1.807, 2.05) is 31.2 Å². The lowest BCUT2D eigenvalue weighted by Gasteiger charge is -2.06. The third kappa shape index (κ3) is 3.62. The molecule has 0 amide bonds. The minimum atomic E-state index is 0.575. The van der Waals surface area contributed by atoms with Crippen molar-refractivity contribution < 1.29 is 4.74 Å². The molecule has 14 heavy (non-hydrogen) atoms. The van der Waals surface area contributed by atoms with E-state index < -0.39 is 0 Å². The third-order valence-electron chi connectivity index (χ3n) is 1.96. The lowest BCUT2D eigenvalue weighted by Crippen LogP contribution is -1.99. The molecular weight excluding hydrogens is 174 g/mol. The predicted molar refractivity (Wildman–Crippen MR) is 59.3 cm³/mol. The van der Waals surface area contributed by atoms with Crippen LogP contribution in [-0.2, 0) is 6.54 Å². The summed E-state index contributed by atoms with van der Waals surface area (Å²) in [6.45, 7) is 7.09. The highest BCUT2D eigenvalue weighted by atomic mass is 16.5. The van der Waals surface area contributed by atoms with Gasteiger partial charge in [-0.05, 0) is 24.6 Å². The summed E-state index contributed by atoms with van der Waals surface area (Å²) < 4.78 is 5.51. The van der Waals surface area contributed by atoms with Crippen LogP contribution >= 0.6 is 0 Å². The van der Waals surface area contributed by atoms with Crippen molar-refractivity contribution in [2.24, 2.45) is 5.73 Å². The Hall–Kier alpha value is -1.28. The number of benzene rings is 1. The van der Waals surface area contributed by atoms with Gasteiger partial charge in [0.05, 0.1) is 6.61 Å². The normalized spacial score (nSPS) is 9.86. The molecule has 0 atom stereocenters. The van der Waals surface area contributed by atoms with E-state index in [9.17, 15) is 0 Å². The second kappa shape index (κ2) is 5.45. The van der Waals surface area contributed by atoms with E-state index in [0.717, 1.165) is 23.3 Å². The van der Waals surface area contributed by atoms with Gasteiger partial charge in [-0.1, -0.05) is 17.7 Å². The summed E-state index contributed by atoms with van der Waals surface area (Å²) in [5.74, 6) is 0.892. The molecule has 0 aromatic heterocycles. The lowest BCUT2D eigenvalue weighted by molar-refractivity contribution is 0.321. The predicted octanol–water partition coefficient (Wildman–Crippen LogP) is 2.49. The summed E-state index contributed by atoms with van der Waals surface area (Å²) in [5.41, 5.74) is 7.75. The molecular formula is C12H17NO. The van der Waals surface area contributed by atoms with E-state index >= 15 is 0 Å². The highest BCUT2D eigenvalue weighted by molar-refractivity contribution is 5.27. The van der Waals surface area contributed by atoms with Crippen molar-refractivity contribution in [3.8, 4) is 5.75 Å². The van der Waals surface area contributed by atoms with Gasteiger partial charge in [0.1, 0.15) is 5.75 Å². The van der Waals surface area contributed by atoms with Crippen LogP contribution in [0.1, 0.15) is 18.9 Å². The van der Waals surface area contributed by atoms with Gasteiger partial charge in [0.15, 0.2) is 0 Å². The van der Waals surface area contributed by atoms with Crippen molar-refractivity contribution in [3.63, 3.8) is 0 Å². The number of hydrogen-bond acceptors (Lipinski definition) is 2. The van der Waals surface area contributed by atoms with Gasteiger partial charge in [0.2, 0.25) is 0 Å². The van der Waals surface area contributed by atoms with Gasteiger partial charge in [-0.3, -0.25) is 0 Å². The van der Waals surface area contributed by atoms with E-state index in [0.29, 0.717) is 13.2 Å². The summed E-state index contributed by atoms with van der Waals surface area (Å²) in [4.78, 5) is 0. The fourth-order valence-corrected chi connectivity index (χ4v) is 1.06. The maximum absolute atomic E-state index is 5.51. The molecule has 2 heteroatoms. The van der Waals surface area contributed by atoms with Crippen LogP contribution in [-0.4, -0.2) is 6.61 Å².